The molecule has 1 aromatic heterocycles. The highest BCUT2D eigenvalue weighted by Crippen LogP contribution is 2.30. The molecule has 1 aliphatic carbocycles. The van der Waals surface area contributed by atoms with Crippen LogP contribution >= 0.6 is 0 Å². The lowest BCUT2D eigenvalue weighted by Gasteiger charge is -2.13. The van der Waals surface area contributed by atoms with Crippen LogP contribution < -0.4 is 4.74 Å². The zero-order chi connectivity index (χ0) is 18.8. The quantitative estimate of drug-likeness (QED) is 0.493. The number of hydrogen-bond donors (Lipinski definition) is 0. The van der Waals surface area contributed by atoms with Crippen molar-refractivity contribution < 1.29 is 14.3 Å². The number of aryl methyl sites for hydroxylation is 3. The highest BCUT2D eigenvalue weighted by Gasteiger charge is 2.24. The van der Waals surface area contributed by atoms with Crippen LogP contribution in [0, 0.1) is 13.8 Å². The summed E-state index contributed by atoms with van der Waals surface area (Å²) in [4.78, 5) is 17.6. The fourth-order valence-electron chi connectivity index (χ4n) is 3.83. The minimum Gasteiger partial charge on any atom is -0.490 e. The second kappa shape index (κ2) is 7.39. The lowest BCUT2D eigenvalue weighted by Crippen LogP contribution is -2.15. The average Bonchev–Trinajstić information content (AvgIpc) is 3.10. The van der Waals surface area contributed by atoms with Gasteiger partial charge in [0.15, 0.2) is 0 Å². The molecule has 2 aromatic carbocycles. The molecule has 0 unspecified atom stereocenters. The Bertz CT molecular complexity index is 990. The van der Waals surface area contributed by atoms with Crippen molar-refractivity contribution in [1.82, 2.24) is 4.98 Å². The van der Waals surface area contributed by atoms with Gasteiger partial charge in [0.1, 0.15) is 19.0 Å². The normalized spacial score (nSPS) is 12.8. The van der Waals surface area contributed by atoms with Gasteiger partial charge in [-0.1, -0.05) is 24.3 Å². The van der Waals surface area contributed by atoms with E-state index in [9.17, 15) is 4.79 Å². The second-order valence-corrected chi connectivity index (χ2v) is 7.09. The average molecular weight is 361 g/mol. The van der Waals surface area contributed by atoms with E-state index in [0.29, 0.717) is 12.2 Å². The Morgan fingerprint density at radius 2 is 1.81 bits per heavy atom. The molecular weight excluding hydrogens is 338 g/mol. The van der Waals surface area contributed by atoms with Gasteiger partial charge in [-0.15, -0.1) is 0 Å². The van der Waals surface area contributed by atoms with Gasteiger partial charge in [0.25, 0.3) is 0 Å². The second-order valence-electron chi connectivity index (χ2n) is 7.09. The first-order valence-electron chi connectivity index (χ1n) is 9.40. The Morgan fingerprint density at radius 1 is 1.04 bits per heavy atom. The highest BCUT2D eigenvalue weighted by atomic mass is 16.6. The van der Waals surface area contributed by atoms with Crippen LogP contribution in [0.4, 0.5) is 0 Å². The van der Waals surface area contributed by atoms with E-state index in [0.717, 1.165) is 58.3 Å². The smallest absolute Gasteiger partial charge is 0.339 e. The summed E-state index contributed by atoms with van der Waals surface area (Å²) in [5, 5.41) is 0.873. The minimum atomic E-state index is -0.282. The van der Waals surface area contributed by atoms with Crippen molar-refractivity contribution in [1.29, 1.82) is 0 Å². The monoisotopic (exact) mass is 361 g/mol. The number of hydrogen-bond acceptors (Lipinski definition) is 4. The number of aromatic nitrogens is 1. The molecule has 0 atom stereocenters. The number of benzene rings is 2. The number of nitrogens with zero attached hydrogens (tertiary/aromatic N) is 1. The number of carbonyl (C=O) groups is 1. The standard InChI is InChI=1S/C23H23NO3/c1-15-12-16(2)14-17(13-15)26-10-11-27-23(25)22-18-6-3-4-8-20(18)24-21-9-5-7-19(21)22/h3-4,6,8,12-14H,5,7,9-11H2,1-2H3. The summed E-state index contributed by atoms with van der Waals surface area (Å²) in [7, 11) is 0. The highest BCUT2D eigenvalue weighted by molar-refractivity contribution is 6.05. The van der Waals surface area contributed by atoms with E-state index < -0.39 is 0 Å². The van der Waals surface area contributed by atoms with Crippen LogP contribution in [0.3, 0.4) is 0 Å². The molecule has 0 saturated carbocycles. The number of pyridine rings is 1. The molecule has 0 radical (unpaired) electrons. The maximum absolute atomic E-state index is 12.8. The molecule has 3 aromatic rings. The molecule has 138 valence electrons. The third kappa shape index (κ3) is 3.65. The van der Waals surface area contributed by atoms with Gasteiger partial charge in [-0.05, 0) is 68.0 Å². The number of carbonyl (C=O) groups excluding carboxylic acids is 1. The maximum atomic E-state index is 12.8. The zero-order valence-electron chi connectivity index (χ0n) is 15.7. The van der Waals surface area contributed by atoms with Crippen molar-refractivity contribution in [3.05, 3.63) is 70.4 Å². The van der Waals surface area contributed by atoms with Gasteiger partial charge < -0.3 is 9.47 Å². The molecule has 4 nitrogen and oxygen atoms in total. The van der Waals surface area contributed by atoms with Crippen molar-refractivity contribution in [2.24, 2.45) is 0 Å². The van der Waals surface area contributed by atoms with E-state index in [2.05, 4.69) is 6.07 Å². The summed E-state index contributed by atoms with van der Waals surface area (Å²) in [6.07, 6.45) is 2.85. The first-order chi connectivity index (χ1) is 13.1. The number of esters is 1. The van der Waals surface area contributed by atoms with Gasteiger partial charge in [-0.3, -0.25) is 4.98 Å². The molecule has 0 aliphatic heterocycles. The summed E-state index contributed by atoms with van der Waals surface area (Å²) in [5.41, 5.74) is 5.93. The van der Waals surface area contributed by atoms with E-state index in [1.165, 1.54) is 0 Å². The molecule has 0 fully saturated rings. The molecule has 1 heterocycles. The molecule has 27 heavy (non-hydrogen) atoms. The van der Waals surface area contributed by atoms with Gasteiger partial charge in [0.05, 0.1) is 11.1 Å². The van der Waals surface area contributed by atoms with Crippen molar-refractivity contribution >= 4 is 16.9 Å². The molecular formula is C23H23NO3. The van der Waals surface area contributed by atoms with Gasteiger partial charge in [-0.25, -0.2) is 4.79 Å². The first kappa shape index (κ1) is 17.5. The number of rotatable bonds is 5. The fraction of sp³-hybridized carbons (Fsp3) is 0.304. The van der Waals surface area contributed by atoms with E-state index in [-0.39, 0.29) is 12.6 Å². The Balaban J connectivity index is 1.47. The summed E-state index contributed by atoms with van der Waals surface area (Å²) in [5.74, 6) is 0.523. The summed E-state index contributed by atoms with van der Waals surface area (Å²) in [6.45, 7) is 4.63. The van der Waals surface area contributed by atoms with E-state index >= 15 is 0 Å². The van der Waals surface area contributed by atoms with Crippen LogP contribution in [-0.4, -0.2) is 24.2 Å². The Morgan fingerprint density at radius 3 is 2.63 bits per heavy atom. The third-order valence-electron chi connectivity index (χ3n) is 4.90. The van der Waals surface area contributed by atoms with Gasteiger partial charge in [0, 0.05) is 11.1 Å². The van der Waals surface area contributed by atoms with E-state index in [1.807, 2.05) is 50.2 Å². The number of ether oxygens (including phenoxy) is 2. The lowest BCUT2D eigenvalue weighted by molar-refractivity contribution is 0.0451. The number of fused-ring (bicyclic) bond motifs is 2. The van der Waals surface area contributed by atoms with Gasteiger partial charge >= 0.3 is 5.97 Å². The predicted molar refractivity (Wildman–Crippen MR) is 105 cm³/mol. The van der Waals surface area contributed by atoms with E-state index in [4.69, 9.17) is 14.5 Å². The predicted octanol–water partition coefficient (Wildman–Crippen LogP) is 4.58. The van der Waals surface area contributed by atoms with Crippen molar-refractivity contribution in [3.8, 4) is 5.75 Å². The zero-order valence-corrected chi connectivity index (χ0v) is 15.7. The largest absolute Gasteiger partial charge is 0.490 e. The van der Waals surface area contributed by atoms with Crippen LogP contribution in [-0.2, 0) is 17.6 Å². The molecule has 0 N–H and O–H groups in total. The van der Waals surface area contributed by atoms with Crippen LogP contribution in [0.1, 0.15) is 39.2 Å². The van der Waals surface area contributed by atoms with E-state index in [1.54, 1.807) is 0 Å². The van der Waals surface area contributed by atoms with Gasteiger partial charge in [-0.2, -0.15) is 0 Å². The van der Waals surface area contributed by atoms with Crippen LogP contribution in [0.5, 0.6) is 5.75 Å². The van der Waals surface area contributed by atoms with Crippen molar-refractivity contribution in [2.75, 3.05) is 13.2 Å². The Kier molecular flexibility index (Phi) is 4.80. The molecule has 0 spiro atoms. The molecule has 0 saturated heterocycles. The SMILES string of the molecule is Cc1cc(C)cc(OCCOC(=O)c2c3c(nc4ccccc24)CCC3)c1. The van der Waals surface area contributed by atoms with Crippen molar-refractivity contribution in [3.63, 3.8) is 0 Å². The number of para-hydroxylation sites is 1. The minimum absolute atomic E-state index is 0.219. The lowest BCUT2D eigenvalue weighted by atomic mass is 10.0. The van der Waals surface area contributed by atoms with Crippen molar-refractivity contribution in [2.45, 2.75) is 33.1 Å². The third-order valence-corrected chi connectivity index (χ3v) is 4.90. The maximum Gasteiger partial charge on any atom is 0.339 e. The van der Waals surface area contributed by atoms with Crippen LogP contribution in [0.15, 0.2) is 42.5 Å². The topological polar surface area (TPSA) is 48.4 Å². The Labute approximate surface area is 159 Å². The fourth-order valence-corrected chi connectivity index (χ4v) is 3.83. The van der Waals surface area contributed by atoms with Crippen LogP contribution in [0.25, 0.3) is 10.9 Å². The molecule has 1 aliphatic rings. The van der Waals surface area contributed by atoms with Gasteiger partial charge in [0.2, 0.25) is 0 Å². The molecule has 0 bridgehead atoms. The first-order valence-corrected chi connectivity index (χ1v) is 9.40. The molecule has 4 heteroatoms. The summed E-state index contributed by atoms with van der Waals surface area (Å²) >= 11 is 0. The summed E-state index contributed by atoms with van der Waals surface area (Å²) in [6, 6.07) is 13.9. The Hall–Kier alpha value is -2.88. The summed E-state index contributed by atoms with van der Waals surface area (Å²) < 4.78 is 11.3. The van der Waals surface area contributed by atoms with Crippen LogP contribution in [0.2, 0.25) is 0 Å². The molecule has 0 amide bonds. The molecule has 4 rings (SSSR count).